The van der Waals surface area contributed by atoms with Crippen LogP contribution in [0.5, 0.6) is 0 Å². The zero-order valence-electron chi connectivity index (χ0n) is 13.2. The Morgan fingerprint density at radius 3 is 2.57 bits per heavy atom. The van der Waals surface area contributed by atoms with Crippen LogP contribution >= 0.6 is 11.3 Å². The first-order chi connectivity index (χ1) is 10.2. The molecule has 0 spiro atoms. The molecule has 0 N–H and O–H groups in total. The molecule has 1 aliphatic rings. The number of piperazine rings is 1. The minimum absolute atomic E-state index is 0.887. The van der Waals surface area contributed by atoms with Gasteiger partial charge in [-0.05, 0) is 32.4 Å². The van der Waals surface area contributed by atoms with E-state index in [2.05, 4.69) is 34.7 Å². The molecule has 2 aromatic heterocycles. The molecule has 0 saturated carbocycles. The number of fused-ring (bicyclic) bond motifs is 1. The highest BCUT2D eigenvalue weighted by Gasteiger charge is 2.20. The minimum atomic E-state index is 0.887. The first kappa shape index (κ1) is 14.7. The highest BCUT2D eigenvalue weighted by molar-refractivity contribution is 7.18. The number of aryl methyl sites for hydroxylation is 2. The van der Waals surface area contributed by atoms with Gasteiger partial charge in [-0.3, -0.25) is 4.90 Å². The monoisotopic (exact) mass is 304 g/mol. The van der Waals surface area contributed by atoms with Gasteiger partial charge in [0.25, 0.3) is 0 Å². The summed E-state index contributed by atoms with van der Waals surface area (Å²) < 4.78 is 0. The SMILES string of the molecule is CCCN1CCN(c2nc(C)nc3sc(CC)cc23)CC1. The maximum atomic E-state index is 4.75. The van der Waals surface area contributed by atoms with Crippen molar-refractivity contribution in [3.63, 3.8) is 0 Å². The minimum Gasteiger partial charge on any atom is -0.353 e. The van der Waals surface area contributed by atoms with Gasteiger partial charge >= 0.3 is 0 Å². The van der Waals surface area contributed by atoms with Crippen molar-refractivity contribution in [1.82, 2.24) is 14.9 Å². The molecule has 0 atom stereocenters. The maximum absolute atomic E-state index is 4.75. The van der Waals surface area contributed by atoms with Crippen LogP contribution < -0.4 is 4.90 Å². The Kier molecular flexibility index (Phi) is 4.40. The lowest BCUT2D eigenvalue weighted by Crippen LogP contribution is -2.46. The third kappa shape index (κ3) is 3.04. The molecule has 21 heavy (non-hydrogen) atoms. The van der Waals surface area contributed by atoms with E-state index in [1.807, 2.05) is 18.3 Å². The summed E-state index contributed by atoms with van der Waals surface area (Å²) in [7, 11) is 0. The van der Waals surface area contributed by atoms with Crippen molar-refractivity contribution < 1.29 is 0 Å². The predicted octanol–water partition coefficient (Wildman–Crippen LogP) is 3.09. The molecule has 1 aliphatic heterocycles. The predicted molar refractivity (Wildman–Crippen MR) is 90.5 cm³/mol. The highest BCUT2D eigenvalue weighted by atomic mass is 32.1. The molecular weight excluding hydrogens is 280 g/mol. The lowest BCUT2D eigenvalue weighted by atomic mass is 10.2. The van der Waals surface area contributed by atoms with E-state index in [-0.39, 0.29) is 0 Å². The molecule has 0 aliphatic carbocycles. The van der Waals surface area contributed by atoms with Gasteiger partial charge in [-0.25, -0.2) is 9.97 Å². The van der Waals surface area contributed by atoms with Gasteiger partial charge in [-0.15, -0.1) is 11.3 Å². The molecule has 0 radical (unpaired) electrons. The van der Waals surface area contributed by atoms with E-state index in [0.717, 1.165) is 49.1 Å². The van der Waals surface area contributed by atoms with Crippen LogP contribution in [0.2, 0.25) is 0 Å². The second-order valence-electron chi connectivity index (χ2n) is 5.71. The van der Waals surface area contributed by atoms with Crippen molar-refractivity contribution in [3.05, 3.63) is 16.8 Å². The third-order valence-electron chi connectivity index (χ3n) is 4.10. The zero-order valence-corrected chi connectivity index (χ0v) is 14.0. The van der Waals surface area contributed by atoms with Crippen LogP contribution in [0.1, 0.15) is 31.0 Å². The largest absolute Gasteiger partial charge is 0.353 e. The number of nitrogens with zero attached hydrogens (tertiary/aromatic N) is 4. The molecule has 0 aromatic carbocycles. The Bertz CT molecular complexity index is 614. The molecule has 3 heterocycles. The van der Waals surface area contributed by atoms with E-state index in [9.17, 15) is 0 Å². The van der Waals surface area contributed by atoms with Crippen LogP contribution in [-0.2, 0) is 6.42 Å². The van der Waals surface area contributed by atoms with Crippen LogP contribution in [0.15, 0.2) is 6.07 Å². The second-order valence-corrected chi connectivity index (χ2v) is 6.82. The molecule has 114 valence electrons. The fourth-order valence-electron chi connectivity index (χ4n) is 2.97. The Hall–Kier alpha value is -1.20. The van der Waals surface area contributed by atoms with Gasteiger partial charge in [0.2, 0.25) is 0 Å². The van der Waals surface area contributed by atoms with E-state index >= 15 is 0 Å². The average molecular weight is 304 g/mol. The maximum Gasteiger partial charge on any atom is 0.141 e. The van der Waals surface area contributed by atoms with Crippen molar-refractivity contribution in [2.24, 2.45) is 0 Å². The Morgan fingerprint density at radius 1 is 1.14 bits per heavy atom. The molecule has 0 bridgehead atoms. The summed E-state index contributed by atoms with van der Waals surface area (Å²) in [5.41, 5.74) is 0. The average Bonchev–Trinajstić information content (AvgIpc) is 2.90. The van der Waals surface area contributed by atoms with Crippen molar-refractivity contribution in [3.8, 4) is 0 Å². The van der Waals surface area contributed by atoms with Crippen LogP contribution in [-0.4, -0.2) is 47.6 Å². The Morgan fingerprint density at radius 2 is 1.90 bits per heavy atom. The Labute approximate surface area is 130 Å². The van der Waals surface area contributed by atoms with E-state index < -0.39 is 0 Å². The summed E-state index contributed by atoms with van der Waals surface area (Å²) in [6, 6.07) is 2.28. The fraction of sp³-hybridized carbons (Fsp3) is 0.625. The number of hydrogen-bond acceptors (Lipinski definition) is 5. The molecule has 1 saturated heterocycles. The molecule has 3 rings (SSSR count). The van der Waals surface area contributed by atoms with Crippen molar-refractivity contribution in [2.75, 3.05) is 37.6 Å². The summed E-state index contributed by atoms with van der Waals surface area (Å²) in [6.45, 7) is 12.1. The number of aromatic nitrogens is 2. The fourth-order valence-corrected chi connectivity index (χ4v) is 3.98. The van der Waals surface area contributed by atoms with Crippen LogP contribution in [0, 0.1) is 6.92 Å². The first-order valence-corrected chi connectivity index (χ1v) is 8.77. The van der Waals surface area contributed by atoms with Crippen LogP contribution in [0.25, 0.3) is 10.2 Å². The molecule has 0 amide bonds. The van der Waals surface area contributed by atoms with Crippen LogP contribution in [0.4, 0.5) is 5.82 Å². The number of anilines is 1. The summed E-state index contributed by atoms with van der Waals surface area (Å²) in [5.74, 6) is 2.03. The normalized spacial score (nSPS) is 16.8. The second kappa shape index (κ2) is 6.28. The van der Waals surface area contributed by atoms with Crippen molar-refractivity contribution >= 4 is 27.4 Å². The first-order valence-electron chi connectivity index (χ1n) is 7.95. The molecule has 4 nitrogen and oxygen atoms in total. The Balaban J connectivity index is 1.88. The summed E-state index contributed by atoms with van der Waals surface area (Å²) in [5, 5.41) is 1.24. The molecule has 5 heteroatoms. The van der Waals surface area contributed by atoms with Crippen LogP contribution in [0.3, 0.4) is 0 Å². The van der Waals surface area contributed by atoms with Crippen molar-refractivity contribution in [1.29, 1.82) is 0 Å². The van der Waals surface area contributed by atoms with Gasteiger partial charge in [-0.2, -0.15) is 0 Å². The third-order valence-corrected chi connectivity index (χ3v) is 5.27. The topological polar surface area (TPSA) is 32.3 Å². The smallest absolute Gasteiger partial charge is 0.141 e. The van der Waals surface area contributed by atoms with E-state index in [1.54, 1.807) is 0 Å². The van der Waals surface area contributed by atoms with Gasteiger partial charge in [-0.1, -0.05) is 13.8 Å². The molecular formula is C16H24N4S. The number of hydrogen-bond donors (Lipinski definition) is 0. The standard InChI is InChI=1S/C16H24N4S/c1-4-6-19-7-9-20(10-8-19)15-14-11-13(5-2)21-16(14)18-12(3)17-15/h11H,4-10H2,1-3H3. The van der Waals surface area contributed by atoms with Crippen molar-refractivity contribution in [2.45, 2.75) is 33.6 Å². The van der Waals surface area contributed by atoms with E-state index in [0.29, 0.717) is 0 Å². The lowest BCUT2D eigenvalue weighted by Gasteiger charge is -2.35. The van der Waals surface area contributed by atoms with Gasteiger partial charge in [0.1, 0.15) is 16.5 Å². The summed E-state index contributed by atoms with van der Waals surface area (Å²) in [6.07, 6.45) is 2.31. The van der Waals surface area contributed by atoms with Gasteiger partial charge in [0, 0.05) is 31.1 Å². The van der Waals surface area contributed by atoms with E-state index in [4.69, 9.17) is 4.98 Å². The summed E-state index contributed by atoms with van der Waals surface area (Å²) >= 11 is 1.81. The number of rotatable bonds is 4. The molecule has 1 fully saturated rings. The number of thiophene rings is 1. The zero-order chi connectivity index (χ0) is 14.8. The molecule has 2 aromatic rings. The lowest BCUT2D eigenvalue weighted by molar-refractivity contribution is 0.258. The van der Waals surface area contributed by atoms with Gasteiger partial charge in [0.05, 0.1) is 5.39 Å². The van der Waals surface area contributed by atoms with E-state index in [1.165, 1.54) is 23.2 Å². The van der Waals surface area contributed by atoms with Gasteiger partial charge < -0.3 is 4.90 Å². The van der Waals surface area contributed by atoms with Gasteiger partial charge in [0.15, 0.2) is 0 Å². The summed E-state index contributed by atoms with van der Waals surface area (Å²) in [4.78, 5) is 16.9. The highest BCUT2D eigenvalue weighted by Crippen LogP contribution is 2.31. The molecule has 0 unspecified atom stereocenters. The quantitative estimate of drug-likeness (QED) is 0.869.